The molecule has 0 fully saturated rings. The van der Waals surface area contributed by atoms with Gasteiger partial charge < -0.3 is 4.74 Å². The summed E-state index contributed by atoms with van der Waals surface area (Å²) in [5, 5.41) is 7.68. The lowest BCUT2D eigenvalue weighted by Crippen LogP contribution is -2.35. The van der Waals surface area contributed by atoms with Crippen molar-refractivity contribution in [2.75, 3.05) is 0 Å². The molecule has 0 radical (unpaired) electrons. The van der Waals surface area contributed by atoms with Crippen LogP contribution in [0.1, 0.15) is 104 Å². The number of benzene rings is 5. The highest BCUT2D eigenvalue weighted by molar-refractivity contribution is 6.09. The Morgan fingerprint density at radius 2 is 1.17 bits per heavy atom. The Labute approximate surface area is 343 Å². The molecule has 5 aromatic carbocycles. The van der Waals surface area contributed by atoms with Crippen molar-refractivity contribution in [3.05, 3.63) is 168 Å². The second kappa shape index (κ2) is 14.1. The molecule has 0 saturated carbocycles. The third-order valence-corrected chi connectivity index (χ3v) is 11.3. The average Bonchev–Trinajstić information content (AvgIpc) is 3.78. The number of fused-ring (bicyclic) bond motifs is 3. The summed E-state index contributed by atoms with van der Waals surface area (Å²) in [5.41, 5.74) is 8.42. The maximum absolute atomic E-state index is 6.73. The van der Waals surface area contributed by atoms with Crippen molar-refractivity contribution in [2.45, 2.75) is 97.8 Å². The summed E-state index contributed by atoms with van der Waals surface area (Å²) in [6.45, 7) is 24.7. The van der Waals surface area contributed by atoms with Gasteiger partial charge in [0.05, 0.1) is 22.4 Å². The number of hydrogen-bond acceptors (Lipinski definition) is 3. The quantitative estimate of drug-likeness (QED) is 0.120. The fourth-order valence-electron chi connectivity index (χ4n) is 7.68. The molecule has 8 rings (SSSR count). The van der Waals surface area contributed by atoms with Crippen molar-refractivity contribution in [2.24, 2.45) is 0 Å². The molecule has 294 valence electrons. The van der Waals surface area contributed by atoms with Gasteiger partial charge >= 0.3 is 0 Å². The topological polar surface area (TPSA) is 48.8 Å². The highest BCUT2D eigenvalue weighted by atomic mass is 16.5. The molecule has 6 heteroatoms. The molecule has 58 heavy (non-hydrogen) atoms. The fraction of sp³-hybridized carbons (Fsp3) is 0.288. The summed E-state index contributed by atoms with van der Waals surface area (Å²) in [6, 6.07) is 44.8. The van der Waals surface area contributed by atoms with Crippen molar-refractivity contribution in [3.8, 4) is 28.7 Å². The first kappa shape index (κ1) is 38.8. The van der Waals surface area contributed by atoms with E-state index in [1.807, 2.05) is 23.0 Å². The first-order valence-electron chi connectivity index (χ1n) is 20.3. The molecule has 0 atom stereocenters. The largest absolute Gasteiger partial charge is 0.458 e. The lowest BCUT2D eigenvalue weighted by Gasteiger charge is -2.26. The molecule has 0 N–H and O–H groups in total. The second-order valence-electron chi connectivity index (χ2n) is 19.2. The molecule has 0 unspecified atom stereocenters. The van der Waals surface area contributed by atoms with Crippen LogP contribution in [0.15, 0.2) is 134 Å². The monoisotopic (exact) mass is 765 g/mol. The maximum Gasteiger partial charge on any atom is 0.273 e. The van der Waals surface area contributed by atoms with E-state index in [9.17, 15) is 0 Å². The van der Waals surface area contributed by atoms with E-state index in [4.69, 9.17) is 14.8 Å². The van der Waals surface area contributed by atoms with Crippen LogP contribution < -0.4 is 9.42 Å². The minimum Gasteiger partial charge on any atom is -0.458 e. The van der Waals surface area contributed by atoms with E-state index >= 15 is 0 Å². The first-order valence-corrected chi connectivity index (χ1v) is 20.3. The molecule has 0 aliphatic heterocycles. The van der Waals surface area contributed by atoms with Gasteiger partial charge in [0.1, 0.15) is 17.3 Å². The van der Waals surface area contributed by atoms with Crippen molar-refractivity contribution in [3.63, 3.8) is 0 Å². The molecular formula is C52H55N5O. The van der Waals surface area contributed by atoms with E-state index in [1.54, 1.807) is 0 Å². The number of rotatable bonds is 7. The minimum atomic E-state index is -0.453. The number of hydrogen-bond donors (Lipinski definition) is 0. The van der Waals surface area contributed by atoms with Gasteiger partial charge in [0, 0.05) is 28.5 Å². The Morgan fingerprint density at radius 3 is 1.86 bits per heavy atom. The third kappa shape index (κ3) is 7.32. The molecular weight excluding hydrogens is 711 g/mol. The molecule has 0 bridgehead atoms. The highest BCUT2D eigenvalue weighted by Gasteiger charge is 2.32. The molecule has 3 heterocycles. The number of para-hydroxylation sites is 1. The standard InChI is InChI=1S/C52H55N5O/c1-49(2,3)36-26-27-53-47(31-36)57-45-23-16-15-22-43(45)44-25-24-42(33-46(44)57)58-41-21-17-20-39(32-41)55-34-56(54-48(55)52(10,11)35-18-13-12-14-19-35)40-29-37(50(4,5)6)28-38(30-40)51(7,8)9/h12-33H,1-11H3. The molecule has 0 aliphatic rings. The SMILES string of the molecule is CC(C)(C)c1cc(-[n+]2[c-]n(-c3cccc(Oc4ccc5c6ccccc6n(-c6cc(C(C)(C)C)ccn6)c5c4)c3)c(C(C)(C)c3ccccc3)n2)cc(C(C)(C)C)c1. The van der Waals surface area contributed by atoms with Crippen molar-refractivity contribution in [1.29, 1.82) is 0 Å². The van der Waals surface area contributed by atoms with Gasteiger partial charge in [-0.25, -0.2) is 4.98 Å². The minimum absolute atomic E-state index is 0.0102. The van der Waals surface area contributed by atoms with Crippen molar-refractivity contribution < 1.29 is 9.42 Å². The van der Waals surface area contributed by atoms with Gasteiger partial charge in [0.25, 0.3) is 6.33 Å². The van der Waals surface area contributed by atoms with Gasteiger partial charge in [-0.2, -0.15) is 4.68 Å². The summed E-state index contributed by atoms with van der Waals surface area (Å²) in [5.74, 6) is 3.21. The molecule has 8 aromatic rings. The van der Waals surface area contributed by atoms with E-state index in [-0.39, 0.29) is 16.2 Å². The summed E-state index contributed by atoms with van der Waals surface area (Å²) in [6.07, 6.45) is 5.59. The van der Waals surface area contributed by atoms with Crippen LogP contribution in [-0.2, 0) is 21.7 Å². The van der Waals surface area contributed by atoms with Crippen LogP contribution in [0, 0.1) is 6.33 Å². The van der Waals surface area contributed by atoms with Gasteiger partial charge in [-0.15, -0.1) is 5.10 Å². The molecule has 0 saturated heterocycles. The van der Waals surface area contributed by atoms with E-state index in [0.29, 0.717) is 5.75 Å². The molecule has 0 amide bonds. The fourth-order valence-corrected chi connectivity index (χ4v) is 7.68. The van der Waals surface area contributed by atoms with Gasteiger partial charge in [0.2, 0.25) is 0 Å². The summed E-state index contributed by atoms with van der Waals surface area (Å²) in [4.78, 5) is 4.87. The van der Waals surface area contributed by atoms with Crippen LogP contribution in [0.2, 0.25) is 0 Å². The van der Waals surface area contributed by atoms with Gasteiger partial charge in [-0.1, -0.05) is 155 Å². The summed E-state index contributed by atoms with van der Waals surface area (Å²) < 4.78 is 13.0. The van der Waals surface area contributed by atoms with Crippen LogP contribution in [0.4, 0.5) is 0 Å². The Bertz CT molecular complexity index is 2750. The normalized spacial score (nSPS) is 12.7. The molecule has 3 aromatic heterocycles. The van der Waals surface area contributed by atoms with Crippen LogP contribution in [-0.4, -0.2) is 19.2 Å². The number of aromatic nitrogens is 5. The van der Waals surface area contributed by atoms with E-state index < -0.39 is 5.41 Å². The summed E-state index contributed by atoms with van der Waals surface area (Å²) in [7, 11) is 0. The van der Waals surface area contributed by atoms with Crippen LogP contribution in [0.5, 0.6) is 11.5 Å². The van der Waals surface area contributed by atoms with Gasteiger partial charge in [-0.05, 0) is 81.0 Å². The average molecular weight is 766 g/mol. The van der Waals surface area contributed by atoms with Crippen LogP contribution in [0.3, 0.4) is 0 Å². The van der Waals surface area contributed by atoms with Gasteiger partial charge in [0.15, 0.2) is 5.82 Å². The smallest absolute Gasteiger partial charge is 0.273 e. The predicted octanol–water partition coefficient (Wildman–Crippen LogP) is 12.5. The third-order valence-electron chi connectivity index (χ3n) is 11.3. The highest BCUT2D eigenvalue weighted by Crippen LogP contribution is 2.37. The maximum atomic E-state index is 6.73. The van der Waals surface area contributed by atoms with Crippen molar-refractivity contribution in [1.82, 2.24) is 19.2 Å². The molecule has 0 aliphatic carbocycles. The van der Waals surface area contributed by atoms with Gasteiger partial charge in [-0.3, -0.25) is 9.13 Å². The van der Waals surface area contributed by atoms with Crippen molar-refractivity contribution >= 4 is 21.8 Å². The molecule has 0 spiro atoms. The number of pyridine rings is 1. The van der Waals surface area contributed by atoms with E-state index in [2.05, 4.69) is 207 Å². The number of nitrogens with zero attached hydrogens (tertiary/aromatic N) is 5. The second-order valence-corrected chi connectivity index (χ2v) is 19.2. The Balaban J connectivity index is 1.24. The Hall–Kier alpha value is -6.01. The van der Waals surface area contributed by atoms with E-state index in [1.165, 1.54) is 27.6 Å². The first-order chi connectivity index (χ1) is 27.4. The zero-order chi connectivity index (χ0) is 41.2. The molecule has 6 nitrogen and oxygen atoms in total. The van der Waals surface area contributed by atoms with Crippen LogP contribution in [0.25, 0.3) is 39.0 Å². The van der Waals surface area contributed by atoms with E-state index in [0.717, 1.165) is 45.2 Å². The predicted molar refractivity (Wildman–Crippen MR) is 237 cm³/mol. The lowest BCUT2D eigenvalue weighted by atomic mass is 9.80. The Morgan fingerprint density at radius 1 is 0.534 bits per heavy atom. The Kier molecular flexibility index (Phi) is 9.46. The lowest BCUT2D eigenvalue weighted by molar-refractivity contribution is -0.662. The number of ether oxygens (including phenoxy) is 1. The summed E-state index contributed by atoms with van der Waals surface area (Å²) >= 11 is 0. The zero-order valence-electron chi connectivity index (χ0n) is 35.8. The zero-order valence-corrected chi connectivity index (χ0v) is 35.8. The van der Waals surface area contributed by atoms with Crippen LogP contribution >= 0.6 is 0 Å².